The van der Waals surface area contributed by atoms with Gasteiger partial charge in [0.2, 0.25) is 10.0 Å². The van der Waals surface area contributed by atoms with Crippen molar-refractivity contribution in [2.24, 2.45) is 0 Å². The fourth-order valence-electron chi connectivity index (χ4n) is 2.86. The maximum atomic E-state index is 13.2. The lowest BCUT2D eigenvalue weighted by Crippen LogP contribution is -2.45. The summed E-state index contributed by atoms with van der Waals surface area (Å²) in [6.07, 6.45) is -0.657. The standard InChI is InChI=1S/C22H28FN3O8S/c1-3-25(22(28)33-15-14-32-2)12-13-26(16-21(27)24-29)35(30,31)20-10-8-19(9-11-20)34-18-6-4-17(23)5-7-18/h4-11,29H,3,12-16H2,1-2H3,(H,24,27). The number of nitrogens with one attached hydrogen (secondary N) is 1. The molecule has 0 saturated heterocycles. The molecular weight excluding hydrogens is 485 g/mol. The molecule has 2 rings (SSSR count). The van der Waals surface area contributed by atoms with Gasteiger partial charge in [0.1, 0.15) is 23.9 Å². The van der Waals surface area contributed by atoms with E-state index in [0.717, 1.165) is 4.31 Å². The first-order chi connectivity index (χ1) is 16.7. The number of hydrogen-bond acceptors (Lipinski definition) is 8. The fraction of sp³-hybridized carbons (Fsp3) is 0.364. The van der Waals surface area contributed by atoms with E-state index >= 15 is 0 Å². The van der Waals surface area contributed by atoms with Crippen LogP contribution in [0.2, 0.25) is 0 Å². The Morgan fingerprint density at radius 2 is 1.60 bits per heavy atom. The predicted molar refractivity (Wildman–Crippen MR) is 122 cm³/mol. The number of benzene rings is 2. The third-order valence-electron chi connectivity index (χ3n) is 4.73. The van der Waals surface area contributed by atoms with Gasteiger partial charge in [-0.05, 0) is 55.5 Å². The van der Waals surface area contributed by atoms with Crippen molar-refractivity contribution in [3.8, 4) is 11.5 Å². The van der Waals surface area contributed by atoms with E-state index in [1.54, 1.807) is 6.92 Å². The zero-order valence-electron chi connectivity index (χ0n) is 19.3. The van der Waals surface area contributed by atoms with Gasteiger partial charge in [0.05, 0.1) is 18.0 Å². The molecule has 11 nitrogen and oxygen atoms in total. The number of ether oxygens (including phenoxy) is 3. The average Bonchev–Trinajstić information content (AvgIpc) is 2.85. The minimum atomic E-state index is -4.19. The number of halogens is 1. The van der Waals surface area contributed by atoms with Crippen molar-refractivity contribution in [1.29, 1.82) is 0 Å². The van der Waals surface area contributed by atoms with Gasteiger partial charge >= 0.3 is 6.09 Å². The maximum absolute atomic E-state index is 13.2. The van der Waals surface area contributed by atoms with Gasteiger partial charge in [-0.2, -0.15) is 4.31 Å². The van der Waals surface area contributed by atoms with E-state index in [1.165, 1.54) is 66.0 Å². The second-order valence-corrected chi connectivity index (χ2v) is 9.03. The Labute approximate surface area is 203 Å². The number of amides is 2. The number of nitrogens with zero attached hydrogens (tertiary/aromatic N) is 2. The minimum Gasteiger partial charge on any atom is -0.457 e. The van der Waals surface area contributed by atoms with Crippen molar-refractivity contribution in [1.82, 2.24) is 14.7 Å². The Morgan fingerprint density at radius 1 is 1.00 bits per heavy atom. The highest BCUT2D eigenvalue weighted by Crippen LogP contribution is 2.24. The number of sulfonamides is 1. The van der Waals surface area contributed by atoms with Crippen LogP contribution in [-0.4, -0.2) is 81.3 Å². The Morgan fingerprint density at radius 3 is 2.14 bits per heavy atom. The number of methoxy groups -OCH3 is 1. The summed E-state index contributed by atoms with van der Waals surface area (Å²) < 4.78 is 55.7. The molecule has 2 N–H and O–H groups in total. The van der Waals surface area contributed by atoms with Crippen LogP contribution in [0.15, 0.2) is 53.4 Å². The van der Waals surface area contributed by atoms with Crippen LogP contribution in [0.25, 0.3) is 0 Å². The van der Waals surface area contributed by atoms with Crippen LogP contribution in [0.1, 0.15) is 6.92 Å². The van der Waals surface area contributed by atoms with Crippen LogP contribution in [0, 0.1) is 5.82 Å². The van der Waals surface area contributed by atoms with Gasteiger partial charge in [0.25, 0.3) is 5.91 Å². The molecule has 35 heavy (non-hydrogen) atoms. The molecule has 0 aliphatic carbocycles. The third-order valence-corrected chi connectivity index (χ3v) is 6.59. The Hall–Kier alpha value is -3.26. The van der Waals surface area contributed by atoms with Gasteiger partial charge in [-0.15, -0.1) is 0 Å². The summed E-state index contributed by atoms with van der Waals surface area (Å²) in [7, 11) is -2.73. The van der Waals surface area contributed by atoms with Gasteiger partial charge in [0.15, 0.2) is 0 Å². The van der Waals surface area contributed by atoms with E-state index < -0.39 is 34.4 Å². The molecule has 13 heteroatoms. The Bertz CT molecular complexity index is 1070. The molecule has 0 unspecified atom stereocenters. The van der Waals surface area contributed by atoms with Crippen LogP contribution in [0.4, 0.5) is 9.18 Å². The molecule has 0 atom stereocenters. The van der Waals surface area contributed by atoms with Gasteiger partial charge < -0.3 is 19.1 Å². The van der Waals surface area contributed by atoms with Crippen molar-refractivity contribution < 1.29 is 41.8 Å². The molecule has 0 aliphatic heterocycles. The first-order valence-corrected chi connectivity index (χ1v) is 12.0. The highest BCUT2D eigenvalue weighted by Gasteiger charge is 2.28. The molecule has 2 amide bonds. The predicted octanol–water partition coefficient (Wildman–Crippen LogP) is 2.22. The van der Waals surface area contributed by atoms with Gasteiger partial charge in [-0.3, -0.25) is 10.0 Å². The number of rotatable bonds is 13. The molecule has 0 heterocycles. The zero-order chi connectivity index (χ0) is 25.8. The lowest BCUT2D eigenvalue weighted by Gasteiger charge is -2.26. The number of carbonyl (C=O) groups excluding carboxylic acids is 2. The van der Waals surface area contributed by atoms with Gasteiger partial charge in [-0.1, -0.05) is 0 Å². The number of carbonyl (C=O) groups is 2. The molecule has 0 spiro atoms. The summed E-state index contributed by atoms with van der Waals surface area (Å²) in [6, 6.07) is 10.7. The molecule has 0 bridgehead atoms. The van der Waals surface area contributed by atoms with Gasteiger partial charge in [-0.25, -0.2) is 23.1 Å². The largest absolute Gasteiger partial charge is 0.457 e. The van der Waals surface area contributed by atoms with E-state index in [9.17, 15) is 22.4 Å². The van der Waals surface area contributed by atoms with E-state index in [4.69, 9.17) is 19.4 Å². The highest BCUT2D eigenvalue weighted by molar-refractivity contribution is 7.89. The molecule has 0 saturated carbocycles. The normalized spacial score (nSPS) is 11.2. The molecule has 0 aromatic heterocycles. The number of likely N-dealkylation sites (N-methyl/N-ethyl adjacent to an activating group) is 1. The van der Waals surface area contributed by atoms with Crippen LogP contribution < -0.4 is 10.2 Å². The fourth-order valence-corrected chi connectivity index (χ4v) is 4.25. The summed E-state index contributed by atoms with van der Waals surface area (Å²) in [5.41, 5.74) is 1.41. The number of hydroxylamine groups is 1. The summed E-state index contributed by atoms with van der Waals surface area (Å²) in [6.45, 7) is 1.19. The van der Waals surface area contributed by atoms with Crippen molar-refractivity contribution >= 4 is 22.0 Å². The van der Waals surface area contributed by atoms with E-state index in [1.807, 2.05) is 0 Å². The molecule has 0 fully saturated rings. The molecule has 0 radical (unpaired) electrons. The van der Waals surface area contributed by atoms with E-state index in [-0.39, 0.29) is 37.7 Å². The summed E-state index contributed by atoms with van der Waals surface area (Å²) in [4.78, 5) is 25.1. The molecule has 2 aromatic carbocycles. The van der Waals surface area contributed by atoms with Crippen LogP contribution in [0.5, 0.6) is 11.5 Å². The first kappa shape index (κ1) is 28.0. The van der Waals surface area contributed by atoms with Crippen LogP contribution >= 0.6 is 0 Å². The van der Waals surface area contributed by atoms with E-state index in [2.05, 4.69) is 0 Å². The molecule has 2 aromatic rings. The second kappa shape index (κ2) is 13.6. The van der Waals surface area contributed by atoms with Crippen molar-refractivity contribution in [3.63, 3.8) is 0 Å². The lowest BCUT2D eigenvalue weighted by molar-refractivity contribution is -0.129. The quantitative estimate of drug-likeness (QED) is 0.237. The van der Waals surface area contributed by atoms with Crippen LogP contribution in [-0.2, 0) is 24.3 Å². The first-order valence-electron chi connectivity index (χ1n) is 10.6. The zero-order valence-corrected chi connectivity index (χ0v) is 20.2. The monoisotopic (exact) mass is 513 g/mol. The van der Waals surface area contributed by atoms with E-state index in [0.29, 0.717) is 11.5 Å². The summed E-state index contributed by atoms with van der Waals surface area (Å²) in [5.74, 6) is -0.697. The molecule has 192 valence electrons. The molecule has 0 aliphatic rings. The highest BCUT2D eigenvalue weighted by atomic mass is 32.2. The topological polar surface area (TPSA) is 135 Å². The second-order valence-electron chi connectivity index (χ2n) is 7.09. The number of hydrogen-bond donors (Lipinski definition) is 2. The minimum absolute atomic E-state index is 0.0348. The van der Waals surface area contributed by atoms with Crippen LogP contribution in [0.3, 0.4) is 0 Å². The maximum Gasteiger partial charge on any atom is 0.409 e. The smallest absolute Gasteiger partial charge is 0.409 e. The average molecular weight is 514 g/mol. The van der Waals surface area contributed by atoms with Crippen molar-refractivity contribution in [3.05, 3.63) is 54.3 Å². The summed E-state index contributed by atoms with van der Waals surface area (Å²) in [5, 5.41) is 8.89. The SMILES string of the molecule is CCN(CCN(CC(=O)NO)S(=O)(=O)c1ccc(Oc2ccc(F)cc2)cc1)C(=O)OCCOC. The van der Waals surface area contributed by atoms with Gasteiger partial charge in [0, 0.05) is 26.7 Å². The van der Waals surface area contributed by atoms with Crippen molar-refractivity contribution in [2.45, 2.75) is 11.8 Å². The summed E-state index contributed by atoms with van der Waals surface area (Å²) >= 11 is 0. The third kappa shape index (κ3) is 8.47. The molecular formula is C22H28FN3O8S. The van der Waals surface area contributed by atoms with Crippen molar-refractivity contribution in [2.75, 3.05) is 46.5 Å². The Kier molecular flexibility index (Phi) is 10.9. The lowest BCUT2D eigenvalue weighted by atomic mass is 10.3. The Balaban J connectivity index is 2.15.